The first kappa shape index (κ1) is 20.5. The highest BCUT2D eigenvalue weighted by atomic mass is 32.5. The number of aryl methyl sites for hydroxylation is 1. The molecule has 0 atom stereocenters. The molecule has 0 saturated carbocycles. The minimum Gasteiger partial charge on any atom is -0.780 e. The third kappa shape index (κ3) is 6.39. The fraction of sp³-hybridized carbons (Fsp3) is 0.455. The maximum absolute atomic E-state index is 11.7. The van der Waals surface area contributed by atoms with E-state index in [1.807, 2.05) is 0 Å². The van der Waals surface area contributed by atoms with E-state index in [1.54, 1.807) is 13.0 Å². The largest absolute Gasteiger partial charge is 0.780 e. The van der Waals surface area contributed by atoms with Crippen LogP contribution >= 0.6 is 6.72 Å². The first-order chi connectivity index (χ1) is 9.47. The molecule has 0 radical (unpaired) electrons. The number of aromatic hydroxyl groups is 1. The van der Waals surface area contributed by atoms with Crippen LogP contribution in [0, 0.1) is 6.92 Å². The maximum atomic E-state index is 11.7. The summed E-state index contributed by atoms with van der Waals surface area (Å²) in [6.45, 7) is -1.38. The van der Waals surface area contributed by atoms with E-state index in [-0.39, 0.29) is 10.6 Å². The monoisotopic (exact) mass is 356 g/mol. The number of phenolic OH excluding ortho intramolecular Hbond substituents is 1. The van der Waals surface area contributed by atoms with E-state index < -0.39 is 16.7 Å². The average Bonchev–Trinajstić information content (AvgIpc) is 2.42. The van der Waals surface area contributed by atoms with Gasteiger partial charge in [0.25, 0.3) is 0 Å². The highest BCUT2D eigenvalue weighted by Crippen LogP contribution is 2.35. The molecule has 1 rings (SSSR count). The van der Waals surface area contributed by atoms with Crippen molar-refractivity contribution >= 4 is 28.5 Å². The fourth-order valence-corrected chi connectivity index (χ4v) is 2.42. The van der Waals surface area contributed by atoms with E-state index in [2.05, 4.69) is 20.9 Å². The predicted octanol–water partition coefficient (Wildman–Crippen LogP) is 0.815. The van der Waals surface area contributed by atoms with Crippen molar-refractivity contribution in [3.05, 3.63) is 23.8 Å². The number of benzene rings is 1. The Bertz CT molecular complexity index is 609. The number of hydrogen-bond donors (Lipinski definition) is 1. The summed E-state index contributed by atoms with van der Waals surface area (Å²) in [5, 5.41) is 9.20. The van der Waals surface area contributed by atoms with Gasteiger partial charge in [0.05, 0.1) is 4.90 Å². The molecule has 0 aromatic heterocycles. The third-order valence-corrected chi connectivity index (χ3v) is 6.12. The zero-order valence-corrected chi connectivity index (χ0v) is 15.0. The van der Waals surface area contributed by atoms with Crippen LogP contribution in [0.3, 0.4) is 0 Å². The summed E-state index contributed by atoms with van der Waals surface area (Å²) in [5.74, 6) is -0.0453. The molecule has 7 nitrogen and oxygen atoms in total. The number of hydrogen-bond acceptors (Lipinski definition) is 7. The number of rotatable bonds is 4. The second kappa shape index (κ2) is 8.19. The van der Waals surface area contributed by atoms with Gasteiger partial charge in [0.2, 0.25) is 10.0 Å². The molecular weight excluding hydrogens is 337 g/mol. The highest BCUT2D eigenvalue weighted by molar-refractivity contribution is 8.06. The van der Waals surface area contributed by atoms with E-state index in [0.29, 0.717) is 5.56 Å². The second-order valence-corrected chi connectivity index (χ2v) is 9.14. The van der Waals surface area contributed by atoms with Gasteiger partial charge in [-0.1, -0.05) is 17.9 Å². The molecular formula is C11H19NO6PS2-. The summed E-state index contributed by atoms with van der Waals surface area (Å²) < 4.78 is 33.0. The molecule has 0 aliphatic carbocycles. The zero-order valence-electron chi connectivity index (χ0n) is 12.4. The van der Waals surface area contributed by atoms with Crippen molar-refractivity contribution in [3.63, 3.8) is 0 Å². The highest BCUT2D eigenvalue weighted by Gasteiger charge is 2.19. The van der Waals surface area contributed by atoms with Gasteiger partial charge < -0.3 is 19.0 Å². The zero-order chi connectivity index (χ0) is 16.8. The van der Waals surface area contributed by atoms with Crippen LogP contribution in [-0.2, 0) is 30.9 Å². The van der Waals surface area contributed by atoms with Gasteiger partial charge in [0.15, 0.2) is 0 Å². The third-order valence-electron chi connectivity index (χ3n) is 2.38. The lowest BCUT2D eigenvalue weighted by Gasteiger charge is -2.21. The van der Waals surface area contributed by atoms with Gasteiger partial charge in [-0.05, 0) is 18.6 Å². The molecule has 122 valence electrons. The summed E-state index contributed by atoms with van der Waals surface area (Å²) in [4.78, 5) is 10.5. The van der Waals surface area contributed by atoms with Gasteiger partial charge in [-0.15, -0.1) is 0 Å². The van der Waals surface area contributed by atoms with E-state index >= 15 is 0 Å². The number of sulfonamides is 1. The summed E-state index contributed by atoms with van der Waals surface area (Å²) in [5.41, 5.74) is 0.622. The first-order valence-corrected chi connectivity index (χ1v) is 9.62. The molecule has 0 bridgehead atoms. The predicted molar refractivity (Wildman–Crippen MR) is 82.0 cm³/mol. The topological polar surface area (TPSA) is 99.1 Å². The van der Waals surface area contributed by atoms with Crippen molar-refractivity contribution in [2.45, 2.75) is 11.8 Å². The number of phenols is 1. The van der Waals surface area contributed by atoms with Crippen molar-refractivity contribution in [1.29, 1.82) is 0 Å². The van der Waals surface area contributed by atoms with E-state index in [1.165, 1.54) is 40.4 Å². The Balaban J connectivity index is 0.000000486. The smallest absolute Gasteiger partial charge is 0.242 e. The van der Waals surface area contributed by atoms with Gasteiger partial charge >= 0.3 is 0 Å². The van der Waals surface area contributed by atoms with Gasteiger partial charge in [-0.3, -0.25) is 0 Å². The molecule has 0 aliphatic rings. The molecule has 0 fully saturated rings. The number of nitrogens with zero attached hydrogens (tertiary/aromatic N) is 1. The average molecular weight is 356 g/mol. The quantitative estimate of drug-likeness (QED) is 0.797. The SMILES string of the molecule is COP([O-])(=S)OC.Cc1ccc(O)cc1S(=O)(=O)N(C)C. The molecule has 1 aromatic rings. The van der Waals surface area contributed by atoms with Crippen molar-refractivity contribution in [2.75, 3.05) is 28.3 Å². The van der Waals surface area contributed by atoms with E-state index in [9.17, 15) is 18.4 Å². The molecule has 1 aromatic carbocycles. The van der Waals surface area contributed by atoms with Crippen LogP contribution in [0.25, 0.3) is 0 Å². The molecule has 0 unspecified atom stereocenters. The Kier molecular flexibility index (Phi) is 7.98. The Morgan fingerprint density at radius 1 is 1.29 bits per heavy atom. The molecule has 21 heavy (non-hydrogen) atoms. The van der Waals surface area contributed by atoms with Crippen molar-refractivity contribution < 1.29 is 27.5 Å². The van der Waals surface area contributed by atoms with Gasteiger partial charge in [0, 0.05) is 34.4 Å². The Morgan fingerprint density at radius 3 is 2.10 bits per heavy atom. The van der Waals surface area contributed by atoms with Crippen LogP contribution < -0.4 is 4.89 Å². The van der Waals surface area contributed by atoms with Gasteiger partial charge in [-0.25, -0.2) is 12.7 Å². The minimum atomic E-state index is -3.46. The molecule has 10 heteroatoms. The summed E-state index contributed by atoms with van der Waals surface area (Å²) in [7, 11) is 1.95. The lowest BCUT2D eigenvalue weighted by Crippen LogP contribution is -2.22. The minimum absolute atomic E-state index is 0.0453. The normalized spacial score (nSPS) is 12.0. The Labute approximate surface area is 130 Å². The van der Waals surface area contributed by atoms with Crippen LogP contribution in [-0.4, -0.2) is 46.1 Å². The van der Waals surface area contributed by atoms with Crippen molar-refractivity contribution in [2.24, 2.45) is 0 Å². The standard InChI is InChI=1S/C9H13NO3S.C2H7O3PS/c1-7-4-5-8(11)6-9(7)14(12,13)10(2)3;1-4-6(3,7)5-2/h4-6,11H,1-3H3;1-2H3,(H,3,7)/p-1. The van der Waals surface area contributed by atoms with E-state index in [4.69, 9.17) is 0 Å². The Morgan fingerprint density at radius 2 is 1.76 bits per heavy atom. The first-order valence-electron chi connectivity index (χ1n) is 5.62. The van der Waals surface area contributed by atoms with Crippen molar-refractivity contribution in [3.8, 4) is 5.75 Å². The Hall–Kier alpha value is -0.540. The van der Waals surface area contributed by atoms with Crippen LogP contribution in [0.1, 0.15) is 5.56 Å². The summed E-state index contributed by atoms with van der Waals surface area (Å²) >= 11 is 4.26. The van der Waals surface area contributed by atoms with Gasteiger partial charge in [0.1, 0.15) is 12.5 Å². The van der Waals surface area contributed by atoms with Crippen molar-refractivity contribution in [1.82, 2.24) is 4.31 Å². The van der Waals surface area contributed by atoms with Gasteiger partial charge in [-0.2, -0.15) is 0 Å². The maximum Gasteiger partial charge on any atom is 0.242 e. The van der Waals surface area contributed by atoms with Crippen LogP contribution in [0.15, 0.2) is 23.1 Å². The summed E-state index contributed by atoms with van der Waals surface area (Å²) in [6, 6.07) is 4.29. The molecule has 0 aliphatic heterocycles. The molecule has 0 heterocycles. The lowest BCUT2D eigenvalue weighted by molar-refractivity contribution is -0.201. The molecule has 0 spiro atoms. The fourth-order valence-electron chi connectivity index (χ4n) is 1.14. The van der Waals surface area contributed by atoms with Crippen LogP contribution in [0.4, 0.5) is 0 Å². The lowest BCUT2D eigenvalue weighted by atomic mass is 10.2. The second-order valence-electron chi connectivity index (χ2n) is 4.05. The molecule has 1 N–H and O–H groups in total. The molecule has 0 amide bonds. The summed E-state index contributed by atoms with van der Waals surface area (Å²) in [6.07, 6.45) is 0. The molecule has 0 saturated heterocycles. The van der Waals surface area contributed by atoms with Crippen LogP contribution in [0.5, 0.6) is 5.75 Å². The van der Waals surface area contributed by atoms with E-state index in [0.717, 1.165) is 4.31 Å². The van der Waals surface area contributed by atoms with Crippen LogP contribution in [0.2, 0.25) is 0 Å².